The van der Waals surface area contributed by atoms with E-state index in [0.29, 0.717) is 12.2 Å². The zero-order valence-corrected chi connectivity index (χ0v) is 25.1. The highest BCUT2D eigenvalue weighted by atomic mass is 16.5. The number of carbonyl (C=O) groups is 1. The molecule has 0 radical (unpaired) electrons. The summed E-state index contributed by atoms with van der Waals surface area (Å²) >= 11 is 0. The van der Waals surface area contributed by atoms with Crippen molar-refractivity contribution < 1.29 is 9.53 Å². The standard InChI is InChI=1S/C38H34N4O2/c1-27-14-23-37(31-12-8-5-9-13-31)42(27)35-17-15-32(16-18-35)38(43)40-39-25-33-24-28(2)41(29(33)3)34-19-21-36(22-20-34)44-26-30-10-6-4-7-11-30/h4-25H,26H2,1-3H3,(H,40,43)/b39-25+. The van der Waals surface area contributed by atoms with Crippen molar-refractivity contribution in [2.45, 2.75) is 27.4 Å². The first-order chi connectivity index (χ1) is 21.5. The number of hydrogen-bond acceptors (Lipinski definition) is 3. The molecule has 0 saturated carbocycles. The first-order valence-corrected chi connectivity index (χ1v) is 14.6. The number of nitrogens with one attached hydrogen (secondary N) is 1. The average Bonchev–Trinajstić information content (AvgIpc) is 3.59. The summed E-state index contributed by atoms with van der Waals surface area (Å²) in [6.45, 7) is 6.71. The van der Waals surface area contributed by atoms with Crippen molar-refractivity contribution in [3.63, 3.8) is 0 Å². The predicted molar refractivity (Wildman–Crippen MR) is 177 cm³/mol. The van der Waals surface area contributed by atoms with Crippen LogP contribution in [0.1, 0.15) is 38.6 Å². The van der Waals surface area contributed by atoms with Crippen molar-refractivity contribution in [2.24, 2.45) is 5.10 Å². The fourth-order valence-corrected chi connectivity index (χ4v) is 5.45. The van der Waals surface area contributed by atoms with Crippen LogP contribution in [0.15, 0.2) is 132 Å². The highest BCUT2D eigenvalue weighted by Crippen LogP contribution is 2.27. The van der Waals surface area contributed by atoms with Gasteiger partial charge in [0.25, 0.3) is 5.91 Å². The van der Waals surface area contributed by atoms with E-state index in [1.54, 1.807) is 6.21 Å². The first kappa shape index (κ1) is 28.5. The number of aromatic nitrogens is 2. The highest BCUT2D eigenvalue weighted by molar-refractivity contribution is 5.95. The van der Waals surface area contributed by atoms with Gasteiger partial charge in [0.1, 0.15) is 12.4 Å². The van der Waals surface area contributed by atoms with Gasteiger partial charge in [0.15, 0.2) is 0 Å². The molecule has 6 aromatic rings. The van der Waals surface area contributed by atoms with Crippen LogP contribution in [0.25, 0.3) is 22.6 Å². The lowest BCUT2D eigenvalue weighted by molar-refractivity contribution is 0.0955. The van der Waals surface area contributed by atoms with Crippen LogP contribution in [0.2, 0.25) is 0 Å². The summed E-state index contributed by atoms with van der Waals surface area (Å²) in [5.41, 5.74) is 12.8. The molecule has 218 valence electrons. The van der Waals surface area contributed by atoms with Gasteiger partial charge in [-0.05, 0) is 98.6 Å². The largest absolute Gasteiger partial charge is 0.489 e. The molecule has 1 N–H and O–H groups in total. The lowest BCUT2D eigenvalue weighted by Gasteiger charge is -2.12. The third-order valence-corrected chi connectivity index (χ3v) is 7.72. The molecule has 0 aliphatic carbocycles. The number of hydrogen-bond donors (Lipinski definition) is 1. The van der Waals surface area contributed by atoms with E-state index < -0.39 is 0 Å². The van der Waals surface area contributed by atoms with Crippen LogP contribution in [0.4, 0.5) is 0 Å². The molecule has 6 heteroatoms. The Morgan fingerprint density at radius 2 is 1.36 bits per heavy atom. The second kappa shape index (κ2) is 12.7. The Morgan fingerprint density at radius 3 is 2.07 bits per heavy atom. The highest BCUT2D eigenvalue weighted by Gasteiger charge is 2.12. The second-order valence-corrected chi connectivity index (χ2v) is 10.7. The number of benzene rings is 4. The molecule has 1 amide bonds. The predicted octanol–water partition coefficient (Wildman–Crippen LogP) is 8.20. The molecule has 4 aromatic carbocycles. The van der Waals surface area contributed by atoms with Crippen molar-refractivity contribution in [3.05, 3.63) is 161 Å². The molecule has 0 aliphatic rings. The van der Waals surface area contributed by atoms with Gasteiger partial charge in [-0.3, -0.25) is 4.79 Å². The number of carbonyl (C=O) groups excluding carboxylic acids is 1. The summed E-state index contributed by atoms with van der Waals surface area (Å²) in [4.78, 5) is 12.9. The fraction of sp³-hybridized carbons (Fsp3) is 0.105. The smallest absolute Gasteiger partial charge is 0.271 e. The first-order valence-electron chi connectivity index (χ1n) is 14.6. The summed E-state index contributed by atoms with van der Waals surface area (Å²) in [6.07, 6.45) is 1.69. The van der Waals surface area contributed by atoms with Gasteiger partial charge in [0, 0.05) is 39.6 Å². The third kappa shape index (κ3) is 6.10. The molecule has 0 unspecified atom stereocenters. The number of rotatable bonds is 9. The number of amides is 1. The van der Waals surface area contributed by atoms with Gasteiger partial charge >= 0.3 is 0 Å². The summed E-state index contributed by atoms with van der Waals surface area (Å²) in [5.74, 6) is 0.554. The maximum Gasteiger partial charge on any atom is 0.271 e. The van der Waals surface area contributed by atoms with Crippen molar-refractivity contribution >= 4 is 12.1 Å². The molecule has 2 heterocycles. The van der Waals surface area contributed by atoms with Gasteiger partial charge in [-0.1, -0.05) is 60.7 Å². The Morgan fingerprint density at radius 1 is 0.727 bits per heavy atom. The number of aryl methyl sites for hydroxylation is 2. The second-order valence-electron chi connectivity index (χ2n) is 10.7. The Bertz CT molecular complexity index is 1900. The zero-order chi connectivity index (χ0) is 30.5. The Kier molecular flexibility index (Phi) is 8.23. The molecule has 6 nitrogen and oxygen atoms in total. The summed E-state index contributed by atoms with van der Waals surface area (Å²) in [5, 5.41) is 4.27. The number of ether oxygens (including phenoxy) is 1. The molecular formula is C38H34N4O2. The number of nitrogens with zero attached hydrogens (tertiary/aromatic N) is 3. The minimum atomic E-state index is -0.264. The topological polar surface area (TPSA) is 60.5 Å². The Balaban J connectivity index is 1.11. The van der Waals surface area contributed by atoms with E-state index in [1.165, 1.54) is 0 Å². The molecule has 0 bridgehead atoms. The van der Waals surface area contributed by atoms with E-state index in [1.807, 2.05) is 91.9 Å². The van der Waals surface area contributed by atoms with Gasteiger partial charge in [0.05, 0.1) is 11.9 Å². The normalized spacial score (nSPS) is 11.2. The molecule has 6 rings (SSSR count). The molecule has 44 heavy (non-hydrogen) atoms. The summed E-state index contributed by atoms with van der Waals surface area (Å²) in [6, 6.07) is 42.3. The van der Waals surface area contributed by atoms with E-state index in [4.69, 9.17) is 4.74 Å². The van der Waals surface area contributed by atoms with Crippen LogP contribution in [0.5, 0.6) is 5.75 Å². The van der Waals surface area contributed by atoms with E-state index in [2.05, 4.69) is 76.0 Å². The Hall–Kier alpha value is -5.62. The van der Waals surface area contributed by atoms with Crippen LogP contribution in [0.3, 0.4) is 0 Å². The van der Waals surface area contributed by atoms with Crippen LogP contribution in [0, 0.1) is 20.8 Å². The van der Waals surface area contributed by atoms with Gasteiger partial charge in [-0.15, -0.1) is 0 Å². The van der Waals surface area contributed by atoms with Gasteiger partial charge in [0.2, 0.25) is 0 Å². The zero-order valence-electron chi connectivity index (χ0n) is 25.1. The van der Waals surface area contributed by atoms with E-state index in [0.717, 1.165) is 56.6 Å². The third-order valence-electron chi connectivity index (χ3n) is 7.72. The van der Waals surface area contributed by atoms with E-state index >= 15 is 0 Å². The van der Waals surface area contributed by atoms with Gasteiger partial charge in [-0.25, -0.2) is 5.43 Å². The molecular weight excluding hydrogens is 544 g/mol. The van der Waals surface area contributed by atoms with Gasteiger partial charge < -0.3 is 13.9 Å². The monoisotopic (exact) mass is 578 g/mol. The lowest BCUT2D eigenvalue weighted by Crippen LogP contribution is -2.17. The van der Waals surface area contributed by atoms with E-state index in [-0.39, 0.29) is 5.91 Å². The Labute approximate surface area is 257 Å². The minimum absolute atomic E-state index is 0.264. The SMILES string of the molecule is Cc1ccc(-c2ccccc2)n1-c1ccc(C(=O)N/N=C/c2cc(C)n(-c3ccc(OCc4ccccc4)cc3)c2C)cc1. The summed E-state index contributed by atoms with van der Waals surface area (Å²) < 4.78 is 10.3. The van der Waals surface area contributed by atoms with Crippen LogP contribution >= 0.6 is 0 Å². The number of hydrazone groups is 1. The molecule has 0 spiro atoms. The molecule has 0 fully saturated rings. The molecule has 0 atom stereocenters. The van der Waals surface area contributed by atoms with Crippen molar-refractivity contribution in [1.29, 1.82) is 0 Å². The van der Waals surface area contributed by atoms with Crippen molar-refractivity contribution in [2.75, 3.05) is 0 Å². The molecule has 0 aliphatic heterocycles. The molecule has 2 aromatic heterocycles. The van der Waals surface area contributed by atoms with Crippen LogP contribution in [-0.2, 0) is 6.61 Å². The maximum atomic E-state index is 12.9. The van der Waals surface area contributed by atoms with Crippen molar-refractivity contribution in [3.8, 4) is 28.4 Å². The quantitative estimate of drug-likeness (QED) is 0.139. The summed E-state index contributed by atoms with van der Waals surface area (Å²) in [7, 11) is 0. The van der Waals surface area contributed by atoms with Crippen molar-refractivity contribution in [1.82, 2.24) is 14.6 Å². The van der Waals surface area contributed by atoms with Gasteiger partial charge in [-0.2, -0.15) is 5.10 Å². The molecule has 0 saturated heterocycles. The lowest BCUT2D eigenvalue weighted by atomic mass is 10.1. The average molecular weight is 579 g/mol. The fourth-order valence-electron chi connectivity index (χ4n) is 5.45. The van der Waals surface area contributed by atoms with Crippen LogP contribution in [-0.4, -0.2) is 21.3 Å². The van der Waals surface area contributed by atoms with Crippen LogP contribution < -0.4 is 10.2 Å². The maximum absolute atomic E-state index is 12.9. The van der Waals surface area contributed by atoms with E-state index in [9.17, 15) is 4.79 Å². The minimum Gasteiger partial charge on any atom is -0.489 e.